The summed E-state index contributed by atoms with van der Waals surface area (Å²) in [6, 6.07) is 18.1. The predicted octanol–water partition coefficient (Wildman–Crippen LogP) is 4.34. The van der Waals surface area contributed by atoms with Gasteiger partial charge in [0.25, 0.3) is 0 Å². The molecule has 2 bridgehead atoms. The first-order valence-electron chi connectivity index (χ1n) is 12.8. The molecule has 7 heteroatoms. The lowest BCUT2D eigenvalue weighted by atomic mass is 9.88. The smallest absolute Gasteiger partial charge is 0.165 e. The first-order chi connectivity index (χ1) is 17.7. The molecule has 2 fully saturated rings. The first kappa shape index (κ1) is 21.5. The van der Waals surface area contributed by atoms with Crippen LogP contribution in [0.1, 0.15) is 30.5 Å². The molecule has 1 aliphatic carbocycles. The summed E-state index contributed by atoms with van der Waals surface area (Å²) in [6.45, 7) is 3.20. The summed E-state index contributed by atoms with van der Waals surface area (Å²) in [5.74, 6) is 1.21. The Morgan fingerprint density at radius 1 is 0.972 bits per heavy atom. The maximum atomic E-state index is 6.30. The number of aromatic nitrogens is 4. The number of fused-ring (bicyclic) bond motifs is 3. The molecule has 0 saturated carbocycles. The summed E-state index contributed by atoms with van der Waals surface area (Å²) in [7, 11) is 0. The van der Waals surface area contributed by atoms with Crippen LogP contribution < -0.4 is 11.1 Å². The quantitative estimate of drug-likeness (QED) is 0.447. The second-order valence-corrected chi connectivity index (χ2v) is 9.93. The van der Waals surface area contributed by atoms with Gasteiger partial charge in [-0.05, 0) is 66.8 Å². The van der Waals surface area contributed by atoms with Gasteiger partial charge < -0.3 is 11.1 Å². The maximum absolute atomic E-state index is 6.30. The third kappa shape index (κ3) is 3.63. The molecule has 2 unspecified atom stereocenters. The molecule has 4 aromatic rings. The van der Waals surface area contributed by atoms with E-state index in [2.05, 4.69) is 74.4 Å². The predicted molar refractivity (Wildman–Crippen MR) is 143 cm³/mol. The standard InChI is InChI=1S/C29H29N7/c30-27-24(7-4-14-32-27)28-34-26-13-12-25(20-5-2-1-3-6-20)33-29(26)36(28)21-10-8-19(9-11-21)18-35-22-15-23(35)17-31-16-22/h2,4-14,22-23,31H,1,3,15-18H2,(H2,30,32). The van der Waals surface area contributed by atoms with E-state index in [4.69, 9.17) is 15.7 Å². The summed E-state index contributed by atoms with van der Waals surface area (Å²) < 4.78 is 2.12. The first-order valence-corrected chi connectivity index (χ1v) is 12.8. The Bertz CT molecular complexity index is 1480. The highest BCUT2D eigenvalue weighted by atomic mass is 15.3. The number of imidazole rings is 1. The number of nitrogens with one attached hydrogen (secondary N) is 1. The summed E-state index contributed by atoms with van der Waals surface area (Å²) >= 11 is 0. The maximum Gasteiger partial charge on any atom is 0.165 e. The van der Waals surface area contributed by atoms with E-state index in [1.54, 1.807) is 6.20 Å². The van der Waals surface area contributed by atoms with Gasteiger partial charge in [-0.2, -0.15) is 0 Å². The number of pyridine rings is 2. The summed E-state index contributed by atoms with van der Waals surface area (Å²) in [4.78, 5) is 17.0. The van der Waals surface area contributed by atoms with Crippen LogP contribution in [0, 0.1) is 0 Å². The minimum Gasteiger partial charge on any atom is -0.383 e. The highest BCUT2D eigenvalue weighted by Crippen LogP contribution is 2.33. The normalized spacial score (nSPS) is 21.4. The fourth-order valence-corrected chi connectivity index (χ4v) is 5.74. The lowest BCUT2D eigenvalue weighted by Gasteiger charge is -2.53. The summed E-state index contributed by atoms with van der Waals surface area (Å²) in [6.07, 6.45) is 11.8. The number of piperidine rings is 1. The molecule has 7 nitrogen and oxygen atoms in total. The third-order valence-corrected chi connectivity index (χ3v) is 7.68. The van der Waals surface area contributed by atoms with Crippen LogP contribution in [0.4, 0.5) is 5.82 Å². The van der Waals surface area contributed by atoms with E-state index < -0.39 is 0 Å². The summed E-state index contributed by atoms with van der Waals surface area (Å²) in [5.41, 5.74) is 13.2. The zero-order valence-corrected chi connectivity index (χ0v) is 20.1. The molecular weight excluding hydrogens is 446 g/mol. The number of nitrogen functional groups attached to an aromatic ring is 1. The highest BCUT2D eigenvalue weighted by molar-refractivity contribution is 5.85. The molecule has 0 spiro atoms. The molecule has 2 saturated heterocycles. The second-order valence-electron chi connectivity index (χ2n) is 9.93. The van der Waals surface area contributed by atoms with E-state index in [9.17, 15) is 0 Å². The summed E-state index contributed by atoms with van der Waals surface area (Å²) in [5, 5.41) is 3.52. The van der Waals surface area contributed by atoms with Gasteiger partial charge in [0, 0.05) is 43.6 Å². The van der Waals surface area contributed by atoms with Gasteiger partial charge in [0.1, 0.15) is 11.3 Å². The van der Waals surface area contributed by atoms with Gasteiger partial charge in [-0.25, -0.2) is 15.0 Å². The lowest BCUT2D eigenvalue weighted by molar-refractivity contribution is -0.0206. The fraction of sp³-hybridized carbons (Fsp3) is 0.276. The Morgan fingerprint density at radius 2 is 1.83 bits per heavy atom. The van der Waals surface area contributed by atoms with Crippen LogP contribution in [0.2, 0.25) is 0 Å². The Balaban J connectivity index is 1.32. The third-order valence-electron chi connectivity index (χ3n) is 7.68. The molecule has 2 atom stereocenters. The van der Waals surface area contributed by atoms with Crippen molar-refractivity contribution in [1.29, 1.82) is 0 Å². The number of rotatable bonds is 5. The van der Waals surface area contributed by atoms with Crippen molar-refractivity contribution < 1.29 is 0 Å². The van der Waals surface area contributed by atoms with E-state index in [1.807, 2.05) is 12.1 Å². The number of hydrogen-bond donors (Lipinski definition) is 2. The van der Waals surface area contributed by atoms with E-state index in [0.29, 0.717) is 17.9 Å². The van der Waals surface area contributed by atoms with Crippen LogP contribution in [0.25, 0.3) is 33.8 Å². The molecule has 2 aliphatic heterocycles. The van der Waals surface area contributed by atoms with Crippen molar-refractivity contribution >= 4 is 22.6 Å². The van der Waals surface area contributed by atoms with Crippen molar-refractivity contribution in [2.24, 2.45) is 0 Å². The number of piperazine rings is 1. The van der Waals surface area contributed by atoms with Crippen molar-refractivity contribution in [2.75, 3.05) is 18.8 Å². The van der Waals surface area contributed by atoms with Crippen molar-refractivity contribution in [1.82, 2.24) is 29.7 Å². The minimum atomic E-state index is 0.460. The van der Waals surface area contributed by atoms with Crippen molar-refractivity contribution in [3.8, 4) is 17.1 Å². The molecule has 180 valence electrons. The van der Waals surface area contributed by atoms with Crippen molar-refractivity contribution in [3.05, 3.63) is 84.2 Å². The van der Waals surface area contributed by atoms with Gasteiger partial charge in [0.05, 0.1) is 11.3 Å². The van der Waals surface area contributed by atoms with E-state index in [0.717, 1.165) is 72.0 Å². The van der Waals surface area contributed by atoms with Crippen LogP contribution in [0.3, 0.4) is 0 Å². The van der Waals surface area contributed by atoms with E-state index in [-0.39, 0.29) is 0 Å². The van der Waals surface area contributed by atoms with Gasteiger partial charge in [-0.3, -0.25) is 9.47 Å². The Kier molecular flexibility index (Phi) is 5.18. The van der Waals surface area contributed by atoms with E-state index in [1.165, 1.54) is 12.0 Å². The zero-order valence-electron chi connectivity index (χ0n) is 20.1. The van der Waals surface area contributed by atoms with Crippen LogP contribution in [0.15, 0.2) is 73.0 Å². The van der Waals surface area contributed by atoms with Crippen molar-refractivity contribution in [2.45, 2.75) is 37.9 Å². The average Bonchev–Trinajstić information content (AvgIpc) is 3.31. The molecule has 7 rings (SSSR count). The molecule has 5 heterocycles. The number of anilines is 1. The molecule has 3 aliphatic rings. The number of hydrogen-bond acceptors (Lipinski definition) is 6. The number of benzene rings is 1. The van der Waals surface area contributed by atoms with Crippen LogP contribution in [-0.2, 0) is 6.54 Å². The van der Waals surface area contributed by atoms with Gasteiger partial charge in [0.2, 0.25) is 0 Å². The Hall–Kier alpha value is -3.81. The van der Waals surface area contributed by atoms with Gasteiger partial charge in [-0.1, -0.05) is 30.4 Å². The molecule has 0 amide bonds. The largest absolute Gasteiger partial charge is 0.383 e. The molecule has 0 radical (unpaired) electrons. The monoisotopic (exact) mass is 475 g/mol. The number of nitrogens with two attached hydrogens (primary N) is 1. The Morgan fingerprint density at radius 3 is 2.58 bits per heavy atom. The Labute approximate surface area is 210 Å². The van der Waals surface area contributed by atoms with Crippen LogP contribution in [0.5, 0.6) is 0 Å². The lowest BCUT2D eigenvalue weighted by Crippen LogP contribution is -2.67. The minimum absolute atomic E-state index is 0.460. The average molecular weight is 476 g/mol. The van der Waals surface area contributed by atoms with Gasteiger partial charge in [0.15, 0.2) is 11.5 Å². The van der Waals surface area contributed by atoms with Crippen LogP contribution in [-0.4, -0.2) is 49.6 Å². The fourth-order valence-electron chi connectivity index (χ4n) is 5.74. The molecule has 36 heavy (non-hydrogen) atoms. The number of nitrogens with zero attached hydrogens (tertiary/aromatic N) is 5. The van der Waals surface area contributed by atoms with Gasteiger partial charge >= 0.3 is 0 Å². The molecular formula is C29H29N7. The second kappa shape index (κ2) is 8.69. The number of allylic oxidation sites excluding steroid dienone is 4. The molecule has 3 N–H and O–H groups in total. The van der Waals surface area contributed by atoms with Gasteiger partial charge in [-0.15, -0.1) is 0 Å². The molecule has 1 aromatic carbocycles. The molecule has 3 aromatic heterocycles. The van der Waals surface area contributed by atoms with E-state index >= 15 is 0 Å². The van der Waals surface area contributed by atoms with Crippen LogP contribution >= 0.6 is 0 Å². The zero-order chi connectivity index (χ0) is 24.1. The SMILES string of the molecule is Nc1ncccc1-c1nc2ccc(C3=CCCC=C3)nc2n1-c1ccc(CN2C3CNCC2C3)cc1. The van der Waals surface area contributed by atoms with Crippen molar-refractivity contribution in [3.63, 3.8) is 0 Å². The highest BCUT2D eigenvalue weighted by Gasteiger charge is 2.40. The topological polar surface area (TPSA) is 84.9 Å².